The molecule has 2 bridgehead atoms. The number of nitrogens with zero attached hydrogens (tertiary/aromatic N) is 3. The molecule has 2 aromatic rings. The molecule has 0 saturated carbocycles. The Morgan fingerprint density at radius 2 is 1.89 bits per heavy atom. The van der Waals surface area contributed by atoms with E-state index in [2.05, 4.69) is 4.98 Å². The average molecular weight is 371 g/mol. The number of hydrogen-bond acceptors (Lipinski definition) is 5. The lowest BCUT2D eigenvalue weighted by molar-refractivity contribution is 0.0683. The molecule has 0 atom stereocenters. The van der Waals surface area contributed by atoms with Gasteiger partial charge in [0, 0.05) is 19.6 Å². The summed E-state index contributed by atoms with van der Waals surface area (Å²) in [5, 5.41) is 9.52. The molecule has 1 saturated heterocycles. The number of fused-ring (bicyclic) bond motifs is 2. The van der Waals surface area contributed by atoms with E-state index in [0.717, 1.165) is 31.5 Å². The quantitative estimate of drug-likeness (QED) is 0.890. The van der Waals surface area contributed by atoms with Crippen molar-refractivity contribution in [2.45, 2.75) is 39.8 Å². The van der Waals surface area contributed by atoms with Crippen LogP contribution in [0.15, 0.2) is 35.1 Å². The molecule has 3 aliphatic rings. The summed E-state index contributed by atoms with van der Waals surface area (Å²) < 4.78 is 7.20. The van der Waals surface area contributed by atoms with E-state index in [-0.39, 0.29) is 18.1 Å². The second-order valence-corrected chi connectivity index (χ2v) is 6.52. The van der Waals surface area contributed by atoms with Crippen molar-refractivity contribution >= 4 is 11.9 Å². The first-order chi connectivity index (χ1) is 13.1. The fraction of sp³-hybridized carbons (Fsp3) is 0.450. The lowest BCUT2D eigenvalue weighted by Crippen LogP contribution is -2.34. The van der Waals surface area contributed by atoms with E-state index in [9.17, 15) is 14.7 Å². The van der Waals surface area contributed by atoms with E-state index in [1.54, 1.807) is 4.57 Å². The van der Waals surface area contributed by atoms with Gasteiger partial charge in [0.05, 0.1) is 0 Å². The van der Waals surface area contributed by atoms with Crippen LogP contribution in [0, 0.1) is 5.92 Å². The molecule has 1 aromatic heterocycles. The Balaban J connectivity index is 0.00000102. The van der Waals surface area contributed by atoms with Crippen molar-refractivity contribution in [3.8, 4) is 5.75 Å². The molecule has 27 heavy (non-hydrogen) atoms. The smallest absolute Gasteiger partial charge is 0.358 e. The van der Waals surface area contributed by atoms with Gasteiger partial charge in [0.2, 0.25) is 11.7 Å². The Morgan fingerprint density at radius 1 is 1.22 bits per heavy atom. The number of carboxylic acids is 1. The fourth-order valence-electron chi connectivity index (χ4n) is 3.51. The van der Waals surface area contributed by atoms with Gasteiger partial charge in [-0.15, -0.1) is 0 Å². The minimum absolute atomic E-state index is 0.129. The molecule has 0 radical (unpaired) electrons. The van der Waals surface area contributed by atoms with Gasteiger partial charge in [-0.1, -0.05) is 44.2 Å². The van der Waals surface area contributed by atoms with Crippen molar-refractivity contribution in [1.29, 1.82) is 0 Å². The highest BCUT2D eigenvalue weighted by Crippen LogP contribution is 2.29. The van der Waals surface area contributed by atoms with Gasteiger partial charge in [0.15, 0.2) is 5.69 Å². The van der Waals surface area contributed by atoms with Gasteiger partial charge in [-0.05, 0) is 24.3 Å². The first kappa shape index (κ1) is 18.9. The minimum Gasteiger partial charge on any atom is -0.481 e. The van der Waals surface area contributed by atoms with Crippen LogP contribution >= 0.6 is 0 Å². The third kappa shape index (κ3) is 3.82. The second-order valence-electron chi connectivity index (χ2n) is 6.52. The summed E-state index contributed by atoms with van der Waals surface area (Å²) in [6.07, 6.45) is 1.98. The number of carbonyl (C=O) groups is 1. The Hall–Kier alpha value is -2.83. The van der Waals surface area contributed by atoms with Crippen LogP contribution in [0.3, 0.4) is 0 Å². The van der Waals surface area contributed by atoms with Gasteiger partial charge in [-0.3, -0.25) is 9.36 Å². The van der Waals surface area contributed by atoms with Gasteiger partial charge in [-0.2, -0.15) is 0 Å². The van der Waals surface area contributed by atoms with Gasteiger partial charge in [0.1, 0.15) is 6.61 Å². The average Bonchev–Trinajstić information content (AvgIpc) is 2.99. The number of piperidine rings is 1. The molecule has 5 rings (SSSR count). The number of anilines is 1. The van der Waals surface area contributed by atoms with Crippen LogP contribution in [0.4, 0.5) is 5.95 Å². The molecule has 3 aliphatic heterocycles. The highest BCUT2D eigenvalue weighted by Gasteiger charge is 2.32. The first-order valence-corrected chi connectivity index (χ1v) is 9.43. The van der Waals surface area contributed by atoms with Crippen LogP contribution in [-0.4, -0.2) is 33.7 Å². The van der Waals surface area contributed by atoms with Crippen LogP contribution in [0.25, 0.3) is 0 Å². The SMILES string of the molecule is CC.O=C(O)c1nc2n(c(=O)c1OCc1ccccc1)CC1CCN2CC1. The van der Waals surface area contributed by atoms with Crippen LogP contribution in [0.5, 0.6) is 5.75 Å². The normalized spacial score (nSPS) is 15.4. The number of rotatable bonds is 4. The molecule has 0 spiro atoms. The molecule has 1 aromatic carbocycles. The maximum atomic E-state index is 12.9. The lowest BCUT2D eigenvalue weighted by Gasteiger charge is -2.27. The molecular formula is C20H25N3O4. The number of hydrogen-bond donors (Lipinski definition) is 1. The Bertz CT molecular complexity index is 856. The van der Waals surface area contributed by atoms with Gasteiger partial charge in [0.25, 0.3) is 5.56 Å². The molecule has 1 fully saturated rings. The topological polar surface area (TPSA) is 84.7 Å². The summed E-state index contributed by atoms with van der Waals surface area (Å²) in [6, 6.07) is 9.34. The third-order valence-electron chi connectivity index (χ3n) is 4.87. The fourth-order valence-corrected chi connectivity index (χ4v) is 3.51. The second kappa shape index (κ2) is 8.24. The molecule has 1 N–H and O–H groups in total. The molecule has 0 aliphatic carbocycles. The van der Waals surface area contributed by atoms with E-state index >= 15 is 0 Å². The monoisotopic (exact) mass is 371 g/mol. The van der Waals surface area contributed by atoms with E-state index in [4.69, 9.17) is 4.74 Å². The first-order valence-electron chi connectivity index (χ1n) is 9.43. The Labute approximate surface area is 158 Å². The zero-order chi connectivity index (χ0) is 19.4. The Kier molecular flexibility index (Phi) is 5.78. The highest BCUT2D eigenvalue weighted by molar-refractivity contribution is 5.88. The standard InChI is InChI=1S/C18H19N3O4.C2H6/c22-16-15(25-11-13-4-2-1-3-5-13)14(17(23)24)19-18-20-8-6-12(7-9-20)10-21(16)18;1-2/h1-5,12H,6-11H2,(H,23,24);1-2H3. The van der Waals surface area contributed by atoms with Crippen LogP contribution in [0.2, 0.25) is 0 Å². The molecule has 7 heteroatoms. The molecule has 7 nitrogen and oxygen atoms in total. The van der Waals surface area contributed by atoms with Crippen LogP contribution in [-0.2, 0) is 13.2 Å². The van der Waals surface area contributed by atoms with Crippen LogP contribution < -0.4 is 15.2 Å². The summed E-state index contributed by atoms with van der Waals surface area (Å²) in [5.41, 5.74) is 0.150. The number of benzene rings is 1. The number of aromatic nitrogens is 2. The van der Waals surface area contributed by atoms with E-state index in [0.29, 0.717) is 18.4 Å². The van der Waals surface area contributed by atoms with Crippen molar-refractivity contribution in [2.75, 3.05) is 18.0 Å². The molecular weight excluding hydrogens is 346 g/mol. The summed E-state index contributed by atoms with van der Waals surface area (Å²) in [5.74, 6) is -0.546. The maximum Gasteiger partial charge on any atom is 0.358 e. The summed E-state index contributed by atoms with van der Waals surface area (Å²) in [6.45, 7) is 6.31. The van der Waals surface area contributed by atoms with Gasteiger partial charge in [-0.25, -0.2) is 9.78 Å². The minimum atomic E-state index is -1.25. The van der Waals surface area contributed by atoms with Gasteiger partial charge >= 0.3 is 5.97 Å². The lowest BCUT2D eigenvalue weighted by atomic mass is 9.98. The Morgan fingerprint density at radius 3 is 2.52 bits per heavy atom. The zero-order valence-corrected chi connectivity index (χ0v) is 15.7. The molecule has 0 amide bonds. The van der Waals surface area contributed by atoms with Crippen molar-refractivity contribution in [2.24, 2.45) is 5.92 Å². The third-order valence-corrected chi connectivity index (χ3v) is 4.87. The summed E-state index contributed by atoms with van der Waals surface area (Å²) in [4.78, 5) is 30.9. The van der Waals surface area contributed by atoms with E-state index in [1.807, 2.05) is 49.1 Å². The molecule has 144 valence electrons. The van der Waals surface area contributed by atoms with Crippen molar-refractivity contribution < 1.29 is 14.6 Å². The number of carboxylic acid groups (broad SMARTS) is 1. The van der Waals surface area contributed by atoms with Crippen molar-refractivity contribution in [3.63, 3.8) is 0 Å². The number of ether oxygens (including phenoxy) is 1. The van der Waals surface area contributed by atoms with Crippen LogP contribution in [0.1, 0.15) is 42.7 Å². The molecule has 0 unspecified atom stereocenters. The largest absolute Gasteiger partial charge is 0.481 e. The number of aromatic carboxylic acids is 1. The van der Waals surface area contributed by atoms with E-state index in [1.165, 1.54) is 0 Å². The van der Waals surface area contributed by atoms with Crippen molar-refractivity contribution in [1.82, 2.24) is 9.55 Å². The highest BCUT2D eigenvalue weighted by atomic mass is 16.5. The predicted molar refractivity (Wildman–Crippen MR) is 103 cm³/mol. The summed E-state index contributed by atoms with van der Waals surface area (Å²) in [7, 11) is 0. The maximum absolute atomic E-state index is 12.9. The zero-order valence-electron chi connectivity index (χ0n) is 15.7. The van der Waals surface area contributed by atoms with E-state index < -0.39 is 11.5 Å². The predicted octanol–water partition coefficient (Wildman–Crippen LogP) is 2.78. The molecule has 4 heterocycles. The summed E-state index contributed by atoms with van der Waals surface area (Å²) >= 11 is 0. The van der Waals surface area contributed by atoms with Gasteiger partial charge < -0.3 is 14.7 Å². The van der Waals surface area contributed by atoms with Crippen molar-refractivity contribution in [3.05, 3.63) is 51.9 Å².